The molecule has 0 bridgehead atoms. The van der Waals surface area contributed by atoms with Gasteiger partial charge in [0.1, 0.15) is 0 Å². The topological polar surface area (TPSA) is 54.0 Å². The van der Waals surface area contributed by atoms with Crippen molar-refractivity contribution in [3.8, 4) is 0 Å². The molecule has 1 fully saturated rings. The third-order valence-corrected chi connectivity index (χ3v) is 5.82. The standard InChI is InChI=1S/C14H20AsClN3O/c1-9(2)15-12-7-13(16)18-8-11(12)14(20)19-10-3-5-17-6-4-10/h7-10,17H,3-6H2,1-2H3,(H,19,20). The fourth-order valence-electron chi connectivity index (χ4n) is 2.21. The fraction of sp³-hybridized carbons (Fsp3) is 0.571. The third-order valence-electron chi connectivity index (χ3n) is 3.17. The van der Waals surface area contributed by atoms with E-state index in [0.717, 1.165) is 30.3 Å². The van der Waals surface area contributed by atoms with Crippen molar-refractivity contribution in [2.75, 3.05) is 13.1 Å². The van der Waals surface area contributed by atoms with Crippen molar-refractivity contribution in [2.45, 2.75) is 37.4 Å². The first-order valence-corrected chi connectivity index (χ1v) is 9.34. The average Bonchev–Trinajstić information content (AvgIpc) is 2.39. The van der Waals surface area contributed by atoms with Gasteiger partial charge in [0.2, 0.25) is 0 Å². The van der Waals surface area contributed by atoms with Crippen LogP contribution in [0, 0.1) is 0 Å². The molecule has 0 atom stereocenters. The summed E-state index contributed by atoms with van der Waals surface area (Å²) in [4.78, 5) is 16.5. The average molecular weight is 357 g/mol. The van der Waals surface area contributed by atoms with Crippen molar-refractivity contribution >= 4 is 37.6 Å². The van der Waals surface area contributed by atoms with Crippen molar-refractivity contribution in [3.63, 3.8) is 0 Å². The van der Waals surface area contributed by atoms with E-state index in [9.17, 15) is 4.79 Å². The number of nitrogens with one attached hydrogen (secondary N) is 2. The maximum absolute atomic E-state index is 12.4. The van der Waals surface area contributed by atoms with E-state index in [1.54, 1.807) is 6.20 Å². The molecule has 20 heavy (non-hydrogen) atoms. The third kappa shape index (κ3) is 4.47. The van der Waals surface area contributed by atoms with Crippen molar-refractivity contribution in [3.05, 3.63) is 23.0 Å². The predicted molar refractivity (Wildman–Crippen MR) is 83.1 cm³/mol. The first-order chi connectivity index (χ1) is 9.56. The number of aromatic nitrogens is 1. The van der Waals surface area contributed by atoms with E-state index in [4.69, 9.17) is 11.6 Å². The molecule has 6 heteroatoms. The molecule has 0 unspecified atom stereocenters. The molecule has 1 aliphatic heterocycles. The van der Waals surface area contributed by atoms with Crippen LogP contribution in [-0.2, 0) is 0 Å². The van der Waals surface area contributed by atoms with Gasteiger partial charge in [0.15, 0.2) is 0 Å². The number of carbonyl (C=O) groups is 1. The van der Waals surface area contributed by atoms with Crippen LogP contribution in [0.4, 0.5) is 0 Å². The van der Waals surface area contributed by atoms with Crippen molar-refractivity contribution in [1.82, 2.24) is 15.6 Å². The summed E-state index contributed by atoms with van der Waals surface area (Å²) in [5, 5.41) is 6.88. The van der Waals surface area contributed by atoms with E-state index >= 15 is 0 Å². The van der Waals surface area contributed by atoms with Gasteiger partial charge in [0, 0.05) is 0 Å². The second kappa shape index (κ2) is 7.44. The maximum atomic E-state index is 12.4. The van der Waals surface area contributed by atoms with Crippen LogP contribution in [0.1, 0.15) is 37.0 Å². The Balaban J connectivity index is 2.11. The first kappa shape index (κ1) is 15.8. The molecule has 0 aliphatic carbocycles. The van der Waals surface area contributed by atoms with Gasteiger partial charge in [-0.25, -0.2) is 0 Å². The van der Waals surface area contributed by atoms with Gasteiger partial charge in [0.05, 0.1) is 0 Å². The summed E-state index contributed by atoms with van der Waals surface area (Å²) < 4.78 is 1.64. The van der Waals surface area contributed by atoms with Crippen molar-refractivity contribution in [1.29, 1.82) is 0 Å². The van der Waals surface area contributed by atoms with Gasteiger partial charge in [-0.05, 0) is 0 Å². The van der Waals surface area contributed by atoms with Gasteiger partial charge in [-0.2, -0.15) is 0 Å². The molecular weight excluding hydrogens is 337 g/mol. The summed E-state index contributed by atoms with van der Waals surface area (Å²) in [5.74, 6) is -0.00738. The van der Waals surface area contributed by atoms with E-state index in [-0.39, 0.29) is 27.7 Å². The van der Waals surface area contributed by atoms with Gasteiger partial charge in [-0.15, -0.1) is 0 Å². The number of carbonyl (C=O) groups excluding carboxylic acids is 1. The summed E-state index contributed by atoms with van der Waals surface area (Å²) in [7, 11) is 0. The zero-order chi connectivity index (χ0) is 14.5. The van der Waals surface area contributed by atoms with Gasteiger partial charge in [-0.3, -0.25) is 0 Å². The van der Waals surface area contributed by atoms with E-state index in [1.807, 2.05) is 6.07 Å². The minimum atomic E-state index is -0.0710. The molecule has 2 N–H and O–H groups in total. The SMILES string of the molecule is CC(C)[As]c1cc(Cl)ncc1C(=O)NC1CCNCC1. The summed E-state index contributed by atoms with van der Waals surface area (Å²) in [6, 6.07) is 2.11. The van der Waals surface area contributed by atoms with Gasteiger partial charge < -0.3 is 0 Å². The van der Waals surface area contributed by atoms with Gasteiger partial charge >= 0.3 is 132 Å². The second-order valence-corrected chi connectivity index (χ2v) is 9.35. The molecule has 1 radical (unpaired) electrons. The Bertz CT molecular complexity index is 475. The molecule has 1 amide bonds. The molecule has 0 aromatic carbocycles. The normalized spacial score (nSPS) is 17.0. The molecule has 0 saturated carbocycles. The summed E-state index contributed by atoms with van der Waals surface area (Å²) in [6.45, 7) is 6.27. The number of piperidine rings is 1. The van der Waals surface area contributed by atoms with E-state index < -0.39 is 0 Å². The molecule has 1 aromatic rings. The zero-order valence-corrected chi connectivity index (χ0v) is 14.5. The minimum absolute atomic E-state index is 0.00738. The summed E-state index contributed by atoms with van der Waals surface area (Å²) in [5.41, 5.74) is 0.696. The van der Waals surface area contributed by atoms with Crippen LogP contribution in [0.25, 0.3) is 0 Å². The van der Waals surface area contributed by atoms with Crippen LogP contribution in [-0.4, -0.2) is 45.8 Å². The number of rotatable bonds is 4. The van der Waals surface area contributed by atoms with E-state index in [2.05, 4.69) is 29.5 Å². The van der Waals surface area contributed by atoms with Gasteiger partial charge in [0.25, 0.3) is 0 Å². The fourth-order valence-corrected chi connectivity index (χ4v) is 4.74. The molecule has 1 saturated heterocycles. The molecule has 1 aliphatic rings. The molecular formula is C14H20AsClN3O. The van der Waals surface area contributed by atoms with Crippen LogP contribution < -0.4 is 15.0 Å². The number of hydrogen-bond donors (Lipinski definition) is 2. The second-order valence-electron chi connectivity index (χ2n) is 5.24. The quantitative estimate of drug-likeness (QED) is 0.633. The van der Waals surface area contributed by atoms with Crippen LogP contribution in [0.15, 0.2) is 12.3 Å². The van der Waals surface area contributed by atoms with Crippen molar-refractivity contribution in [2.24, 2.45) is 0 Å². The molecule has 1 aromatic heterocycles. The monoisotopic (exact) mass is 356 g/mol. The Morgan fingerprint density at radius 1 is 1.50 bits per heavy atom. The summed E-state index contributed by atoms with van der Waals surface area (Å²) in [6.07, 6.45) is 3.59. The Morgan fingerprint density at radius 2 is 2.20 bits per heavy atom. The molecule has 2 heterocycles. The molecule has 109 valence electrons. The summed E-state index contributed by atoms with van der Waals surface area (Å²) >= 11 is 5.89. The number of amides is 1. The molecule has 2 rings (SSSR count). The van der Waals surface area contributed by atoms with Crippen molar-refractivity contribution < 1.29 is 4.79 Å². The van der Waals surface area contributed by atoms with E-state index in [0.29, 0.717) is 15.4 Å². The van der Waals surface area contributed by atoms with E-state index in [1.165, 1.54) is 0 Å². The van der Waals surface area contributed by atoms with Crippen LogP contribution in [0.3, 0.4) is 0 Å². The Labute approximate surface area is 131 Å². The number of hydrogen-bond acceptors (Lipinski definition) is 3. The van der Waals surface area contributed by atoms with Gasteiger partial charge in [-0.1, -0.05) is 0 Å². The number of pyridine rings is 1. The Hall–Kier alpha value is -0.572. The number of halogens is 1. The molecule has 0 spiro atoms. The Kier molecular flexibility index (Phi) is 5.88. The molecule has 4 nitrogen and oxygen atoms in total. The van der Waals surface area contributed by atoms with Crippen LogP contribution >= 0.6 is 11.6 Å². The van der Waals surface area contributed by atoms with Crippen LogP contribution in [0.5, 0.6) is 0 Å². The first-order valence-electron chi connectivity index (χ1n) is 6.94. The Morgan fingerprint density at radius 3 is 2.85 bits per heavy atom. The predicted octanol–water partition coefficient (Wildman–Crippen LogP) is 1.37. The van der Waals surface area contributed by atoms with Crippen LogP contribution in [0.2, 0.25) is 9.86 Å². The zero-order valence-electron chi connectivity index (χ0n) is 11.8. The number of nitrogens with zero attached hydrogens (tertiary/aromatic N) is 1.